The van der Waals surface area contributed by atoms with Gasteiger partial charge in [0.1, 0.15) is 5.72 Å². The number of hydrogen-bond donors (Lipinski definition) is 4. The van der Waals surface area contributed by atoms with Crippen molar-refractivity contribution in [2.75, 3.05) is 20.6 Å². The van der Waals surface area contributed by atoms with Crippen LogP contribution in [0.25, 0.3) is 0 Å². The molecule has 0 aromatic heterocycles. The zero-order chi connectivity index (χ0) is 10.9. The van der Waals surface area contributed by atoms with Crippen LogP contribution in [0.4, 0.5) is 0 Å². The molecule has 4 N–H and O–H groups in total. The Morgan fingerprint density at radius 1 is 1.21 bits per heavy atom. The van der Waals surface area contributed by atoms with Gasteiger partial charge in [0.2, 0.25) is 0 Å². The summed E-state index contributed by atoms with van der Waals surface area (Å²) in [6.45, 7) is 2.86. The molecule has 0 amide bonds. The summed E-state index contributed by atoms with van der Waals surface area (Å²) < 4.78 is 5.82. The van der Waals surface area contributed by atoms with Crippen LogP contribution in [-0.4, -0.2) is 31.5 Å². The fourth-order valence-corrected chi connectivity index (χ4v) is 1.58. The summed E-state index contributed by atoms with van der Waals surface area (Å²) in [5, 5.41) is 12.9. The molecule has 1 atom stereocenters. The van der Waals surface area contributed by atoms with Crippen molar-refractivity contribution in [2.45, 2.75) is 38.3 Å². The van der Waals surface area contributed by atoms with Crippen LogP contribution in [0.2, 0.25) is 0 Å². The highest BCUT2D eigenvalue weighted by atomic mass is 32.2. The van der Waals surface area contributed by atoms with E-state index in [1.165, 1.54) is 18.6 Å². The van der Waals surface area contributed by atoms with E-state index in [0.717, 1.165) is 25.8 Å². The molecule has 0 spiro atoms. The van der Waals surface area contributed by atoms with Crippen molar-refractivity contribution in [1.29, 1.82) is 0 Å². The van der Waals surface area contributed by atoms with Gasteiger partial charge in [0.05, 0.1) is 0 Å². The van der Waals surface area contributed by atoms with E-state index in [1.54, 1.807) is 6.92 Å². The van der Waals surface area contributed by atoms with Gasteiger partial charge in [-0.2, -0.15) is 0 Å². The van der Waals surface area contributed by atoms with Crippen LogP contribution in [0, 0.1) is 0 Å². The highest BCUT2D eigenvalue weighted by molar-refractivity contribution is 7.95. The van der Waals surface area contributed by atoms with Crippen molar-refractivity contribution in [1.82, 2.24) is 14.8 Å². The van der Waals surface area contributed by atoms with Crippen molar-refractivity contribution in [3.05, 3.63) is 0 Å². The molecule has 0 bridgehead atoms. The Labute approximate surface area is 91.5 Å². The van der Waals surface area contributed by atoms with Crippen LogP contribution in [0.15, 0.2) is 0 Å². The Morgan fingerprint density at radius 3 is 2.50 bits per heavy atom. The van der Waals surface area contributed by atoms with Crippen LogP contribution in [0.1, 0.15) is 32.6 Å². The second kappa shape index (κ2) is 8.49. The summed E-state index contributed by atoms with van der Waals surface area (Å²) >= 11 is 1.32. The molecule has 0 aliphatic carbocycles. The van der Waals surface area contributed by atoms with E-state index in [0.29, 0.717) is 0 Å². The second-order valence-corrected chi connectivity index (χ2v) is 4.41. The maximum atomic E-state index is 9.81. The summed E-state index contributed by atoms with van der Waals surface area (Å²) in [6, 6.07) is 0. The third-order valence-corrected chi connectivity index (χ3v) is 2.71. The van der Waals surface area contributed by atoms with Crippen LogP contribution >= 0.6 is 12.1 Å². The molecule has 4 nitrogen and oxygen atoms in total. The summed E-state index contributed by atoms with van der Waals surface area (Å²) in [4.78, 5) is 0. The molecule has 0 radical (unpaired) electrons. The quantitative estimate of drug-likeness (QED) is 0.264. The molecular weight excluding hydrogens is 198 g/mol. The van der Waals surface area contributed by atoms with E-state index in [9.17, 15) is 5.11 Å². The van der Waals surface area contributed by atoms with Gasteiger partial charge >= 0.3 is 0 Å². The molecule has 0 rings (SSSR count). The van der Waals surface area contributed by atoms with E-state index < -0.39 is 5.72 Å². The number of aliphatic hydroxyl groups is 1. The number of rotatable bonds is 9. The topological polar surface area (TPSA) is 56.3 Å². The molecule has 0 aromatic carbocycles. The Morgan fingerprint density at radius 2 is 1.93 bits per heavy atom. The molecule has 1 unspecified atom stereocenters. The largest absolute Gasteiger partial charge is 0.375 e. The number of unbranched alkanes of at least 4 members (excludes halogenated alkanes) is 2. The van der Waals surface area contributed by atoms with Crippen molar-refractivity contribution < 1.29 is 5.11 Å². The average molecular weight is 221 g/mol. The molecule has 14 heavy (non-hydrogen) atoms. The number of hydrogen-bond acceptors (Lipinski definition) is 5. The van der Waals surface area contributed by atoms with Crippen molar-refractivity contribution in [2.24, 2.45) is 0 Å². The highest BCUT2D eigenvalue weighted by Gasteiger charge is 2.18. The van der Waals surface area contributed by atoms with E-state index in [-0.39, 0.29) is 0 Å². The second-order valence-electron chi connectivity index (χ2n) is 3.60. The molecule has 0 heterocycles. The van der Waals surface area contributed by atoms with Gasteiger partial charge in [-0.25, -0.2) is 4.72 Å². The zero-order valence-corrected chi connectivity index (χ0v) is 10.2. The van der Waals surface area contributed by atoms with Crippen molar-refractivity contribution in [3.8, 4) is 0 Å². The SMILES string of the molecule is CNCCCCCC(C)(O)NSNC. The maximum Gasteiger partial charge on any atom is 0.122 e. The van der Waals surface area contributed by atoms with Gasteiger partial charge in [-0.05, 0) is 46.8 Å². The normalized spacial score (nSPS) is 15.4. The molecule has 0 saturated carbocycles. The lowest BCUT2D eigenvalue weighted by molar-refractivity contribution is 0.0396. The lowest BCUT2D eigenvalue weighted by Gasteiger charge is -2.23. The Hall–Kier alpha value is 0.190. The summed E-state index contributed by atoms with van der Waals surface area (Å²) in [6.07, 6.45) is 4.16. The Balaban J connectivity index is 3.35. The first kappa shape index (κ1) is 14.2. The van der Waals surface area contributed by atoms with Crippen LogP contribution in [0.3, 0.4) is 0 Å². The molecule has 86 valence electrons. The number of nitrogens with one attached hydrogen (secondary N) is 3. The van der Waals surface area contributed by atoms with Crippen molar-refractivity contribution in [3.63, 3.8) is 0 Å². The third kappa shape index (κ3) is 8.77. The minimum Gasteiger partial charge on any atom is -0.375 e. The minimum absolute atomic E-state index is 0.771. The van der Waals surface area contributed by atoms with Crippen LogP contribution < -0.4 is 14.8 Å². The average Bonchev–Trinajstić information content (AvgIpc) is 2.15. The van der Waals surface area contributed by atoms with E-state index >= 15 is 0 Å². The van der Waals surface area contributed by atoms with Gasteiger partial charge in [0.25, 0.3) is 0 Å². The maximum absolute atomic E-state index is 9.81. The van der Waals surface area contributed by atoms with Gasteiger partial charge in [0.15, 0.2) is 0 Å². The fraction of sp³-hybridized carbons (Fsp3) is 1.00. The van der Waals surface area contributed by atoms with Gasteiger partial charge < -0.3 is 10.4 Å². The lowest BCUT2D eigenvalue weighted by atomic mass is 10.1. The Kier molecular flexibility index (Phi) is 8.61. The molecule has 0 saturated heterocycles. The Bertz CT molecular complexity index is 133. The van der Waals surface area contributed by atoms with Crippen LogP contribution in [0.5, 0.6) is 0 Å². The molecule has 5 heteroatoms. The van der Waals surface area contributed by atoms with Gasteiger partial charge in [-0.3, -0.25) is 4.72 Å². The van der Waals surface area contributed by atoms with Crippen LogP contribution in [-0.2, 0) is 0 Å². The zero-order valence-electron chi connectivity index (χ0n) is 9.39. The summed E-state index contributed by atoms with van der Waals surface area (Å²) in [5.41, 5.74) is -0.771. The first-order valence-corrected chi connectivity index (χ1v) is 5.91. The fourth-order valence-electron chi connectivity index (χ4n) is 1.16. The minimum atomic E-state index is -0.771. The first-order chi connectivity index (χ1) is 6.62. The molecule has 0 aromatic rings. The predicted molar refractivity (Wildman–Crippen MR) is 62.8 cm³/mol. The molecular formula is C9H23N3OS. The van der Waals surface area contributed by atoms with E-state index in [1.807, 2.05) is 14.1 Å². The van der Waals surface area contributed by atoms with Gasteiger partial charge in [-0.1, -0.05) is 6.42 Å². The van der Waals surface area contributed by atoms with Gasteiger partial charge in [-0.15, -0.1) is 0 Å². The smallest absolute Gasteiger partial charge is 0.122 e. The summed E-state index contributed by atoms with van der Waals surface area (Å²) in [7, 11) is 3.78. The van der Waals surface area contributed by atoms with E-state index in [4.69, 9.17) is 0 Å². The molecule has 0 aliphatic heterocycles. The molecule has 0 aliphatic rings. The lowest BCUT2D eigenvalue weighted by Crippen LogP contribution is -2.38. The third-order valence-electron chi connectivity index (χ3n) is 1.96. The molecule has 0 fully saturated rings. The van der Waals surface area contributed by atoms with E-state index in [2.05, 4.69) is 14.8 Å². The van der Waals surface area contributed by atoms with Gasteiger partial charge in [0, 0.05) is 12.1 Å². The standard InChI is InChI=1S/C9H23N3OS/c1-9(13,12-14-11-3)7-5-4-6-8-10-2/h10-13H,4-8H2,1-3H3. The highest BCUT2D eigenvalue weighted by Crippen LogP contribution is 2.13. The monoisotopic (exact) mass is 221 g/mol. The predicted octanol–water partition coefficient (Wildman–Crippen LogP) is 0.847. The summed E-state index contributed by atoms with van der Waals surface area (Å²) in [5.74, 6) is 0. The van der Waals surface area contributed by atoms with Crippen molar-refractivity contribution >= 4 is 12.1 Å². The first-order valence-electron chi connectivity index (χ1n) is 5.09.